The van der Waals surface area contributed by atoms with Crippen molar-refractivity contribution in [3.05, 3.63) is 58.5 Å². The zero-order valence-corrected chi connectivity index (χ0v) is 15.3. The fraction of sp³-hybridized carbons (Fsp3) is 0.350. The van der Waals surface area contributed by atoms with Crippen LogP contribution in [0.15, 0.2) is 53.5 Å². The number of hydrogen-bond acceptors (Lipinski definition) is 2. The summed E-state index contributed by atoms with van der Waals surface area (Å²) >= 11 is 1.81. The van der Waals surface area contributed by atoms with Gasteiger partial charge in [-0.05, 0) is 43.1 Å². The molecule has 2 aromatic rings. The standard InChI is InChI=1S/C20H24NOS/c1-6-21-17-9-7-8-10-18(17)23-19(21)13-16-12-15(20(3,4)5)11-14(2)22-16/h7-13H,6H2,1-5H3/q+1. The molecule has 0 aliphatic carbocycles. The number of benzene rings is 1. The molecular weight excluding hydrogens is 302 g/mol. The van der Waals surface area contributed by atoms with E-state index in [0.717, 1.165) is 18.1 Å². The molecule has 23 heavy (non-hydrogen) atoms. The van der Waals surface area contributed by atoms with Crippen molar-refractivity contribution in [3.8, 4) is 0 Å². The molecule has 0 saturated carbocycles. The van der Waals surface area contributed by atoms with Gasteiger partial charge in [-0.25, -0.2) is 0 Å². The zero-order valence-electron chi connectivity index (χ0n) is 14.5. The summed E-state index contributed by atoms with van der Waals surface area (Å²) in [4.78, 5) is 0. The fourth-order valence-electron chi connectivity index (χ4n) is 2.77. The SMILES string of the molecule is CC[n+]1c(C=C2C=C(C(C)(C)C)C=C(C)O2)sc2ccccc21. The van der Waals surface area contributed by atoms with Gasteiger partial charge in [-0.3, -0.25) is 0 Å². The number of rotatable bonds is 2. The summed E-state index contributed by atoms with van der Waals surface area (Å²) in [5.74, 6) is 1.87. The van der Waals surface area contributed by atoms with E-state index in [0.29, 0.717) is 0 Å². The molecule has 1 aromatic carbocycles. The maximum absolute atomic E-state index is 5.95. The highest BCUT2D eigenvalue weighted by Crippen LogP contribution is 2.33. The molecule has 2 heterocycles. The van der Waals surface area contributed by atoms with Crippen LogP contribution < -0.4 is 4.57 Å². The van der Waals surface area contributed by atoms with E-state index in [4.69, 9.17) is 4.74 Å². The van der Waals surface area contributed by atoms with E-state index in [1.165, 1.54) is 20.8 Å². The van der Waals surface area contributed by atoms with E-state index in [1.807, 2.05) is 18.3 Å². The molecule has 1 aliphatic rings. The molecule has 3 heteroatoms. The molecule has 120 valence electrons. The molecule has 0 spiro atoms. The summed E-state index contributed by atoms with van der Waals surface area (Å²) in [6.07, 6.45) is 6.46. The smallest absolute Gasteiger partial charge is 0.266 e. The van der Waals surface area contributed by atoms with Gasteiger partial charge in [0.1, 0.15) is 22.8 Å². The highest BCUT2D eigenvalue weighted by Gasteiger charge is 2.22. The molecule has 0 radical (unpaired) electrons. The molecule has 2 nitrogen and oxygen atoms in total. The summed E-state index contributed by atoms with van der Waals surface area (Å²) in [6.45, 7) is 11.9. The van der Waals surface area contributed by atoms with Crippen LogP contribution in [-0.4, -0.2) is 0 Å². The lowest BCUT2D eigenvalue weighted by molar-refractivity contribution is -0.665. The number of nitrogens with zero attached hydrogens (tertiary/aromatic N) is 1. The van der Waals surface area contributed by atoms with Crippen LogP contribution in [0.3, 0.4) is 0 Å². The molecular formula is C20H24NOS+. The highest BCUT2D eigenvalue weighted by atomic mass is 32.1. The van der Waals surface area contributed by atoms with Gasteiger partial charge in [0, 0.05) is 6.07 Å². The first-order valence-electron chi connectivity index (χ1n) is 8.10. The Kier molecular flexibility index (Phi) is 4.15. The van der Waals surface area contributed by atoms with Gasteiger partial charge in [0.15, 0.2) is 0 Å². The van der Waals surface area contributed by atoms with E-state index < -0.39 is 0 Å². The molecule has 0 fully saturated rings. The van der Waals surface area contributed by atoms with E-state index in [9.17, 15) is 0 Å². The summed E-state index contributed by atoms with van der Waals surface area (Å²) in [6, 6.07) is 8.55. The van der Waals surface area contributed by atoms with Crippen molar-refractivity contribution >= 4 is 27.6 Å². The lowest BCUT2D eigenvalue weighted by Crippen LogP contribution is -2.33. The van der Waals surface area contributed by atoms with Crippen LogP contribution in [0.2, 0.25) is 0 Å². The summed E-state index contributed by atoms with van der Waals surface area (Å²) in [5.41, 5.74) is 2.71. The number of aromatic nitrogens is 1. The summed E-state index contributed by atoms with van der Waals surface area (Å²) in [7, 11) is 0. The van der Waals surface area contributed by atoms with E-state index in [1.54, 1.807) is 0 Å². The average molecular weight is 326 g/mol. The van der Waals surface area contributed by atoms with Crippen molar-refractivity contribution in [3.63, 3.8) is 0 Å². The maximum Gasteiger partial charge on any atom is 0.266 e. The molecule has 0 atom stereocenters. The Hall–Kier alpha value is -1.87. The molecule has 1 aromatic heterocycles. The topological polar surface area (TPSA) is 13.1 Å². The van der Waals surface area contributed by atoms with Gasteiger partial charge in [0.25, 0.3) is 5.01 Å². The second kappa shape index (κ2) is 5.97. The zero-order chi connectivity index (χ0) is 16.6. The minimum absolute atomic E-state index is 0.116. The Bertz CT molecular complexity index is 831. The Morgan fingerprint density at radius 2 is 1.91 bits per heavy atom. The normalized spacial score (nSPS) is 17.2. The third-order valence-electron chi connectivity index (χ3n) is 4.02. The van der Waals surface area contributed by atoms with Crippen molar-refractivity contribution in [2.75, 3.05) is 0 Å². The first-order valence-corrected chi connectivity index (χ1v) is 8.91. The van der Waals surface area contributed by atoms with Crippen molar-refractivity contribution in [1.29, 1.82) is 0 Å². The van der Waals surface area contributed by atoms with Gasteiger partial charge in [-0.1, -0.05) is 44.2 Å². The van der Waals surface area contributed by atoms with Crippen LogP contribution in [0.1, 0.15) is 39.6 Å². The summed E-state index contributed by atoms with van der Waals surface area (Å²) in [5, 5.41) is 1.22. The molecule has 0 amide bonds. The van der Waals surface area contributed by atoms with Crippen LogP contribution in [-0.2, 0) is 11.3 Å². The lowest BCUT2D eigenvalue weighted by atomic mass is 9.85. The van der Waals surface area contributed by atoms with Crippen LogP contribution in [0.5, 0.6) is 0 Å². The van der Waals surface area contributed by atoms with E-state index in [2.05, 4.69) is 74.8 Å². The Labute approximate surface area is 142 Å². The van der Waals surface area contributed by atoms with Crippen molar-refractivity contribution < 1.29 is 9.30 Å². The predicted octanol–water partition coefficient (Wildman–Crippen LogP) is 5.46. The lowest BCUT2D eigenvalue weighted by Gasteiger charge is -2.24. The first kappa shape index (κ1) is 16.0. The molecule has 0 N–H and O–H groups in total. The van der Waals surface area contributed by atoms with E-state index >= 15 is 0 Å². The number of allylic oxidation sites excluding steroid dienone is 4. The van der Waals surface area contributed by atoms with Gasteiger partial charge in [0.05, 0.1) is 6.08 Å². The predicted molar refractivity (Wildman–Crippen MR) is 98.1 cm³/mol. The Morgan fingerprint density at radius 3 is 2.61 bits per heavy atom. The van der Waals surface area contributed by atoms with Crippen molar-refractivity contribution in [2.24, 2.45) is 5.41 Å². The molecule has 0 unspecified atom stereocenters. The number of aryl methyl sites for hydroxylation is 1. The number of ether oxygens (including phenoxy) is 1. The molecule has 0 saturated heterocycles. The van der Waals surface area contributed by atoms with Gasteiger partial charge >= 0.3 is 0 Å². The van der Waals surface area contributed by atoms with Crippen LogP contribution in [0.25, 0.3) is 16.3 Å². The number of fused-ring (bicyclic) bond motifs is 1. The molecule has 3 rings (SSSR count). The number of thiazole rings is 1. The average Bonchev–Trinajstić information content (AvgIpc) is 2.82. The van der Waals surface area contributed by atoms with Crippen LogP contribution in [0.4, 0.5) is 0 Å². The van der Waals surface area contributed by atoms with Crippen LogP contribution in [0, 0.1) is 5.41 Å². The monoisotopic (exact) mass is 326 g/mol. The van der Waals surface area contributed by atoms with E-state index in [-0.39, 0.29) is 5.41 Å². The van der Waals surface area contributed by atoms with Gasteiger partial charge in [-0.15, -0.1) is 0 Å². The second-order valence-electron chi connectivity index (χ2n) is 6.91. The Morgan fingerprint density at radius 1 is 1.17 bits per heavy atom. The molecule has 1 aliphatic heterocycles. The Balaban J connectivity index is 2.08. The maximum atomic E-state index is 5.95. The number of hydrogen-bond donors (Lipinski definition) is 0. The molecule has 0 bridgehead atoms. The first-order chi connectivity index (χ1) is 10.9. The fourth-order valence-corrected chi connectivity index (χ4v) is 3.94. The third-order valence-corrected chi connectivity index (χ3v) is 5.13. The quantitative estimate of drug-likeness (QED) is 0.668. The van der Waals surface area contributed by atoms with Crippen LogP contribution >= 0.6 is 11.3 Å². The minimum Gasteiger partial charge on any atom is -0.462 e. The van der Waals surface area contributed by atoms with Gasteiger partial charge in [0.2, 0.25) is 5.52 Å². The largest absolute Gasteiger partial charge is 0.462 e. The van der Waals surface area contributed by atoms with Gasteiger partial charge < -0.3 is 4.74 Å². The van der Waals surface area contributed by atoms with Crippen molar-refractivity contribution in [2.45, 2.75) is 41.2 Å². The number of para-hydroxylation sites is 1. The van der Waals surface area contributed by atoms with Crippen molar-refractivity contribution in [1.82, 2.24) is 0 Å². The minimum atomic E-state index is 0.116. The summed E-state index contributed by atoms with van der Waals surface area (Å²) < 4.78 is 9.60. The van der Waals surface area contributed by atoms with Gasteiger partial charge in [-0.2, -0.15) is 4.57 Å². The second-order valence-corrected chi connectivity index (χ2v) is 7.97. The third kappa shape index (κ3) is 3.25. The highest BCUT2D eigenvalue weighted by molar-refractivity contribution is 7.18.